The second-order valence-corrected chi connectivity index (χ2v) is 5.19. The van der Waals surface area contributed by atoms with E-state index in [4.69, 9.17) is 9.52 Å². The molecule has 2 aromatic heterocycles. The minimum Gasteiger partial charge on any atom is -0.438 e. The van der Waals surface area contributed by atoms with Gasteiger partial charge in [-0.3, -0.25) is 4.79 Å². The molecule has 1 amide bonds. The first-order valence-corrected chi connectivity index (χ1v) is 6.82. The first kappa shape index (κ1) is 14.3. The summed E-state index contributed by atoms with van der Waals surface area (Å²) in [5.41, 5.74) is 1.43. The largest absolute Gasteiger partial charge is 0.438 e. The zero-order valence-corrected chi connectivity index (χ0v) is 12.0. The van der Waals surface area contributed by atoms with Gasteiger partial charge in [0.1, 0.15) is 6.61 Å². The molecule has 0 saturated carbocycles. The fraction of sp³-hybridized carbons (Fsp3) is 0.286. The van der Waals surface area contributed by atoms with Crippen LogP contribution in [0.5, 0.6) is 0 Å². The van der Waals surface area contributed by atoms with Crippen LogP contribution in [0.25, 0.3) is 0 Å². The molecule has 0 aliphatic rings. The molecule has 0 bridgehead atoms. The van der Waals surface area contributed by atoms with Gasteiger partial charge in [-0.2, -0.15) is 0 Å². The Morgan fingerprint density at radius 3 is 3.05 bits per heavy atom. The number of aromatic nitrogens is 1. The van der Waals surface area contributed by atoms with E-state index in [2.05, 4.69) is 16.8 Å². The fourth-order valence-corrected chi connectivity index (χ4v) is 2.53. The molecule has 2 rings (SSSR count). The summed E-state index contributed by atoms with van der Waals surface area (Å²) >= 11 is 1.52. The molecule has 2 aromatic rings. The zero-order chi connectivity index (χ0) is 14.5. The molecule has 1 N–H and O–H groups in total. The Balaban J connectivity index is 2.04. The summed E-state index contributed by atoms with van der Waals surface area (Å²) in [6, 6.07) is 1.91. The van der Waals surface area contributed by atoms with Crippen molar-refractivity contribution in [1.82, 2.24) is 9.88 Å². The third-order valence-electron chi connectivity index (χ3n) is 2.65. The minimum atomic E-state index is -0.198. The zero-order valence-electron chi connectivity index (χ0n) is 11.2. The van der Waals surface area contributed by atoms with Gasteiger partial charge in [0.25, 0.3) is 5.91 Å². The molecule has 0 spiro atoms. The summed E-state index contributed by atoms with van der Waals surface area (Å²) < 4.78 is 5.09. The Bertz CT molecular complexity index is 663. The van der Waals surface area contributed by atoms with Crippen LogP contribution in [0.3, 0.4) is 0 Å². The van der Waals surface area contributed by atoms with Crippen LogP contribution in [0.2, 0.25) is 0 Å². The molecule has 0 atom stereocenters. The van der Waals surface area contributed by atoms with E-state index in [1.807, 2.05) is 11.4 Å². The van der Waals surface area contributed by atoms with Crippen LogP contribution in [-0.4, -0.2) is 34.6 Å². The van der Waals surface area contributed by atoms with Crippen LogP contribution in [0.1, 0.15) is 26.7 Å². The number of carbonyl (C=O) groups excluding carboxylic acids is 1. The SMILES string of the molecule is Cc1ncoc1C(=O)N(C)Cc1cc(C#CCO)cs1. The Kier molecular flexibility index (Phi) is 4.56. The lowest BCUT2D eigenvalue weighted by molar-refractivity contribution is 0.0754. The summed E-state index contributed by atoms with van der Waals surface area (Å²) in [6.07, 6.45) is 1.27. The highest BCUT2D eigenvalue weighted by Crippen LogP contribution is 2.17. The number of nitrogens with zero attached hydrogens (tertiary/aromatic N) is 2. The lowest BCUT2D eigenvalue weighted by atomic mass is 10.3. The lowest BCUT2D eigenvalue weighted by Gasteiger charge is -2.14. The molecule has 104 valence electrons. The molecule has 0 unspecified atom stereocenters. The van der Waals surface area contributed by atoms with Crippen molar-refractivity contribution in [2.24, 2.45) is 0 Å². The molecule has 6 heteroatoms. The van der Waals surface area contributed by atoms with Gasteiger partial charge in [0.05, 0.1) is 12.2 Å². The highest BCUT2D eigenvalue weighted by atomic mass is 32.1. The van der Waals surface area contributed by atoms with Crippen molar-refractivity contribution in [3.8, 4) is 11.8 Å². The maximum atomic E-state index is 12.1. The van der Waals surface area contributed by atoms with Crippen LogP contribution in [0, 0.1) is 18.8 Å². The molecule has 0 radical (unpaired) electrons. The molecule has 0 fully saturated rings. The Morgan fingerprint density at radius 1 is 1.60 bits per heavy atom. The van der Waals surface area contributed by atoms with Crippen LogP contribution in [-0.2, 0) is 6.54 Å². The standard InChI is InChI=1S/C14H14N2O3S/c1-10-13(19-9-15-10)14(18)16(2)7-12-6-11(8-20-12)4-3-5-17/h6,8-9,17H,5,7H2,1-2H3. The Hall–Kier alpha value is -2.10. The summed E-state index contributed by atoms with van der Waals surface area (Å²) in [7, 11) is 1.71. The number of amides is 1. The number of thiophene rings is 1. The van der Waals surface area contributed by atoms with E-state index in [1.165, 1.54) is 17.7 Å². The molecular formula is C14H14N2O3S. The first-order chi connectivity index (χ1) is 9.61. The van der Waals surface area contributed by atoms with Crippen molar-refractivity contribution in [1.29, 1.82) is 0 Å². The molecule has 5 nitrogen and oxygen atoms in total. The van der Waals surface area contributed by atoms with E-state index in [9.17, 15) is 4.79 Å². The third kappa shape index (κ3) is 3.26. The number of carbonyl (C=O) groups is 1. The number of rotatable bonds is 3. The van der Waals surface area contributed by atoms with Gasteiger partial charge in [-0.05, 0) is 13.0 Å². The molecule has 0 aliphatic heterocycles. The Labute approximate surface area is 120 Å². The van der Waals surface area contributed by atoms with Gasteiger partial charge in [-0.15, -0.1) is 11.3 Å². The average molecular weight is 290 g/mol. The summed E-state index contributed by atoms with van der Waals surface area (Å²) in [4.78, 5) is 18.6. The molecule has 20 heavy (non-hydrogen) atoms. The van der Waals surface area contributed by atoms with Gasteiger partial charge in [0.15, 0.2) is 6.39 Å². The predicted octanol–water partition coefficient (Wildman–Crippen LogP) is 1.66. The van der Waals surface area contributed by atoms with E-state index < -0.39 is 0 Å². The molecule has 0 aromatic carbocycles. The van der Waals surface area contributed by atoms with E-state index in [0.717, 1.165) is 10.4 Å². The van der Waals surface area contributed by atoms with Gasteiger partial charge in [0.2, 0.25) is 5.76 Å². The number of oxazole rings is 1. The van der Waals surface area contributed by atoms with Gasteiger partial charge in [-0.25, -0.2) is 4.98 Å². The summed E-state index contributed by atoms with van der Waals surface area (Å²) in [6.45, 7) is 2.05. The maximum Gasteiger partial charge on any atom is 0.291 e. The topological polar surface area (TPSA) is 66.6 Å². The molecule has 2 heterocycles. The van der Waals surface area contributed by atoms with Gasteiger partial charge in [0, 0.05) is 22.9 Å². The second-order valence-electron chi connectivity index (χ2n) is 4.19. The number of hydrogen-bond donors (Lipinski definition) is 1. The highest BCUT2D eigenvalue weighted by Gasteiger charge is 2.18. The van der Waals surface area contributed by atoms with E-state index in [1.54, 1.807) is 18.9 Å². The maximum absolute atomic E-state index is 12.1. The van der Waals surface area contributed by atoms with Crippen molar-refractivity contribution >= 4 is 17.2 Å². The normalized spacial score (nSPS) is 9.95. The predicted molar refractivity (Wildman–Crippen MR) is 75.3 cm³/mol. The van der Waals surface area contributed by atoms with Crippen molar-refractivity contribution < 1.29 is 14.3 Å². The molecule has 0 saturated heterocycles. The average Bonchev–Trinajstić information content (AvgIpc) is 3.04. The van der Waals surface area contributed by atoms with Crippen LogP contribution in [0.4, 0.5) is 0 Å². The highest BCUT2D eigenvalue weighted by molar-refractivity contribution is 7.10. The minimum absolute atomic E-state index is 0.158. The number of aliphatic hydroxyl groups is 1. The summed E-state index contributed by atoms with van der Waals surface area (Å²) in [5, 5.41) is 10.5. The van der Waals surface area contributed by atoms with Gasteiger partial charge < -0.3 is 14.4 Å². The van der Waals surface area contributed by atoms with Crippen molar-refractivity contribution in [2.45, 2.75) is 13.5 Å². The smallest absolute Gasteiger partial charge is 0.291 e. The van der Waals surface area contributed by atoms with Crippen LogP contribution in [0.15, 0.2) is 22.3 Å². The van der Waals surface area contributed by atoms with Gasteiger partial charge >= 0.3 is 0 Å². The van der Waals surface area contributed by atoms with Crippen molar-refractivity contribution in [3.05, 3.63) is 39.7 Å². The number of hydrogen-bond acceptors (Lipinski definition) is 5. The number of aliphatic hydroxyl groups excluding tert-OH is 1. The Morgan fingerprint density at radius 2 is 2.40 bits per heavy atom. The van der Waals surface area contributed by atoms with E-state index >= 15 is 0 Å². The monoisotopic (exact) mass is 290 g/mol. The quantitative estimate of drug-likeness (QED) is 0.873. The third-order valence-corrected chi connectivity index (χ3v) is 3.57. The first-order valence-electron chi connectivity index (χ1n) is 5.94. The van der Waals surface area contributed by atoms with Crippen molar-refractivity contribution in [2.75, 3.05) is 13.7 Å². The fourth-order valence-electron chi connectivity index (χ4n) is 1.66. The van der Waals surface area contributed by atoms with E-state index in [0.29, 0.717) is 12.2 Å². The lowest BCUT2D eigenvalue weighted by Crippen LogP contribution is -2.26. The molecule has 0 aliphatic carbocycles. The van der Waals surface area contributed by atoms with Crippen LogP contribution >= 0.6 is 11.3 Å². The van der Waals surface area contributed by atoms with Gasteiger partial charge in [-0.1, -0.05) is 11.8 Å². The van der Waals surface area contributed by atoms with E-state index in [-0.39, 0.29) is 18.3 Å². The molecular weight excluding hydrogens is 276 g/mol. The van der Waals surface area contributed by atoms with Crippen LogP contribution < -0.4 is 0 Å². The van der Waals surface area contributed by atoms with Crippen molar-refractivity contribution in [3.63, 3.8) is 0 Å². The summed E-state index contributed by atoms with van der Waals surface area (Å²) in [5.74, 6) is 5.49. The number of aryl methyl sites for hydroxylation is 1. The second kappa shape index (κ2) is 6.37.